The summed E-state index contributed by atoms with van der Waals surface area (Å²) in [6.07, 6.45) is 0. The lowest BCUT2D eigenvalue weighted by molar-refractivity contribution is -0.135. The molecule has 0 atom stereocenters. The highest BCUT2D eigenvalue weighted by Gasteiger charge is 2.25. The van der Waals surface area contributed by atoms with Crippen molar-refractivity contribution in [1.82, 2.24) is 5.32 Å². The predicted octanol–water partition coefficient (Wildman–Crippen LogP) is -2.47. The van der Waals surface area contributed by atoms with Gasteiger partial charge in [0.25, 0.3) is 5.91 Å². The lowest BCUT2D eigenvalue weighted by atomic mass is 10.5. The number of hydrogen-bond donors (Lipinski definition) is 2. The number of aliphatic imine (C=N–C) groups is 1. The Balaban J connectivity index is 2.87. The van der Waals surface area contributed by atoms with E-state index in [-0.39, 0.29) is 0 Å². The van der Waals surface area contributed by atoms with Crippen LogP contribution in [0, 0.1) is 0 Å². The summed E-state index contributed by atoms with van der Waals surface area (Å²) in [4.78, 5) is 33.8. The molecule has 0 aromatic heterocycles. The van der Waals surface area contributed by atoms with Crippen molar-refractivity contribution in [2.75, 3.05) is 0 Å². The zero-order valence-electron chi connectivity index (χ0n) is 4.75. The highest BCUT2D eigenvalue weighted by Crippen LogP contribution is 1.87. The summed E-state index contributed by atoms with van der Waals surface area (Å²) < 4.78 is 0. The van der Waals surface area contributed by atoms with E-state index in [0.717, 1.165) is 0 Å². The van der Waals surface area contributed by atoms with Gasteiger partial charge in [0.2, 0.25) is 5.84 Å². The summed E-state index contributed by atoms with van der Waals surface area (Å²) in [6.45, 7) is 0. The fourth-order valence-electron chi connectivity index (χ4n) is 0.458. The van der Waals surface area contributed by atoms with Gasteiger partial charge in [-0.1, -0.05) is 0 Å². The molecule has 0 unspecified atom stereocenters. The van der Waals surface area contributed by atoms with E-state index in [4.69, 9.17) is 0 Å². The third-order valence-electron chi connectivity index (χ3n) is 0.873. The van der Waals surface area contributed by atoms with E-state index >= 15 is 0 Å². The van der Waals surface area contributed by atoms with Crippen LogP contribution in [0.5, 0.6) is 0 Å². The molecule has 0 aliphatic carbocycles. The molecule has 1 aliphatic rings. The molecule has 1 rings (SSSR count). The Morgan fingerprint density at radius 3 is 2.30 bits per heavy atom. The Bertz CT molecular complexity index is 254. The number of primary amides is 1. The second kappa shape index (κ2) is 1.90. The molecule has 0 aromatic carbocycles. The smallest absolute Gasteiger partial charge is 0.337 e. The minimum Gasteiger partial charge on any atom is -0.363 e. The molecule has 3 amide bonds. The molecule has 0 bridgehead atoms. The Kier molecular flexibility index (Phi) is 1.22. The number of amidine groups is 1. The second-order valence-corrected chi connectivity index (χ2v) is 1.58. The van der Waals surface area contributed by atoms with E-state index in [9.17, 15) is 14.4 Å². The standard InChI is InChI=1S/C4H3N3O3/c5-1(8)2-6-3(9)4(10)7-2/h(H2,5,8)(H,6,7,9,10). The maximum atomic E-state index is 10.3. The molecule has 3 N–H and O–H groups in total. The van der Waals surface area contributed by atoms with Crippen LogP contribution < -0.4 is 11.1 Å². The Hall–Kier alpha value is -1.72. The number of nitrogens with zero attached hydrogens (tertiary/aromatic N) is 1. The van der Waals surface area contributed by atoms with Crippen molar-refractivity contribution < 1.29 is 14.4 Å². The van der Waals surface area contributed by atoms with E-state index in [1.165, 1.54) is 0 Å². The monoisotopic (exact) mass is 141 g/mol. The summed E-state index contributed by atoms with van der Waals surface area (Å²) >= 11 is 0. The zero-order valence-corrected chi connectivity index (χ0v) is 4.75. The van der Waals surface area contributed by atoms with E-state index in [1.54, 1.807) is 0 Å². The molecule has 6 nitrogen and oxygen atoms in total. The number of hydrogen-bond acceptors (Lipinski definition) is 3. The van der Waals surface area contributed by atoms with Crippen LogP contribution in [-0.4, -0.2) is 23.6 Å². The van der Waals surface area contributed by atoms with Gasteiger partial charge in [0, 0.05) is 0 Å². The molecule has 0 saturated carbocycles. The highest BCUT2D eigenvalue weighted by atomic mass is 16.2. The molecule has 1 heterocycles. The minimum atomic E-state index is -0.992. The molecular weight excluding hydrogens is 138 g/mol. The van der Waals surface area contributed by atoms with Gasteiger partial charge in [-0.15, -0.1) is 0 Å². The number of carbonyl (C=O) groups is 3. The molecule has 0 radical (unpaired) electrons. The molecule has 1 aliphatic heterocycles. The van der Waals surface area contributed by atoms with Crippen molar-refractivity contribution in [3.05, 3.63) is 0 Å². The lowest BCUT2D eigenvalue weighted by Gasteiger charge is -1.88. The molecule has 0 aromatic rings. The molecular formula is C4H3N3O3. The summed E-state index contributed by atoms with van der Waals surface area (Å²) in [7, 11) is 0. The van der Waals surface area contributed by atoms with Gasteiger partial charge in [-0.05, 0) is 0 Å². The van der Waals surface area contributed by atoms with Crippen LogP contribution >= 0.6 is 0 Å². The van der Waals surface area contributed by atoms with Crippen LogP contribution in [0.15, 0.2) is 4.99 Å². The third kappa shape index (κ3) is 0.859. The summed E-state index contributed by atoms with van der Waals surface area (Å²) in [5, 5.41) is 1.89. The highest BCUT2D eigenvalue weighted by molar-refractivity contribution is 6.54. The van der Waals surface area contributed by atoms with Gasteiger partial charge in [0.1, 0.15) is 0 Å². The molecule has 0 saturated heterocycles. The first-order valence-electron chi connectivity index (χ1n) is 2.35. The van der Waals surface area contributed by atoms with Crippen LogP contribution in [0.1, 0.15) is 0 Å². The van der Waals surface area contributed by atoms with E-state index < -0.39 is 23.6 Å². The van der Waals surface area contributed by atoms with Crippen LogP contribution in [0.25, 0.3) is 0 Å². The van der Waals surface area contributed by atoms with Gasteiger partial charge < -0.3 is 5.73 Å². The first kappa shape index (κ1) is 6.40. The van der Waals surface area contributed by atoms with Gasteiger partial charge in [-0.2, -0.15) is 4.99 Å². The van der Waals surface area contributed by atoms with Crippen molar-refractivity contribution in [2.24, 2.45) is 10.7 Å². The van der Waals surface area contributed by atoms with Crippen molar-refractivity contribution >= 4 is 23.6 Å². The summed E-state index contributed by atoms with van der Waals surface area (Å²) in [5.41, 5.74) is 4.69. The predicted molar refractivity (Wildman–Crippen MR) is 29.8 cm³/mol. The van der Waals surface area contributed by atoms with Gasteiger partial charge in [0.05, 0.1) is 0 Å². The average molecular weight is 141 g/mol. The first-order chi connectivity index (χ1) is 4.61. The summed E-state index contributed by atoms with van der Waals surface area (Å²) in [6, 6.07) is 0. The maximum absolute atomic E-state index is 10.3. The fraction of sp³-hybridized carbons (Fsp3) is 0. The van der Waals surface area contributed by atoms with Crippen LogP contribution in [0.2, 0.25) is 0 Å². The fourth-order valence-corrected chi connectivity index (χ4v) is 0.458. The van der Waals surface area contributed by atoms with E-state index in [1.807, 2.05) is 5.32 Å². The number of rotatable bonds is 1. The van der Waals surface area contributed by atoms with E-state index in [2.05, 4.69) is 10.7 Å². The molecule has 52 valence electrons. The van der Waals surface area contributed by atoms with Gasteiger partial charge in [-0.3, -0.25) is 19.7 Å². The van der Waals surface area contributed by atoms with Gasteiger partial charge in [0.15, 0.2) is 0 Å². The topological polar surface area (TPSA) is 102 Å². The van der Waals surface area contributed by atoms with Crippen LogP contribution in [0.3, 0.4) is 0 Å². The Morgan fingerprint density at radius 1 is 1.50 bits per heavy atom. The molecule has 10 heavy (non-hydrogen) atoms. The van der Waals surface area contributed by atoms with Crippen molar-refractivity contribution in [3.8, 4) is 0 Å². The quantitative estimate of drug-likeness (QED) is 0.395. The normalized spacial score (nSPS) is 16.6. The molecule has 0 fully saturated rings. The van der Waals surface area contributed by atoms with Crippen molar-refractivity contribution in [2.45, 2.75) is 0 Å². The SMILES string of the molecule is NC(=O)C1=NC(=O)C(=O)N1. The van der Waals surface area contributed by atoms with Gasteiger partial charge >= 0.3 is 11.8 Å². The number of nitrogens with one attached hydrogen (secondary N) is 1. The van der Waals surface area contributed by atoms with Crippen molar-refractivity contribution in [1.29, 1.82) is 0 Å². The zero-order chi connectivity index (χ0) is 7.72. The minimum absolute atomic E-state index is 0.394. The molecule has 6 heteroatoms. The third-order valence-corrected chi connectivity index (χ3v) is 0.873. The van der Waals surface area contributed by atoms with Crippen LogP contribution in [-0.2, 0) is 14.4 Å². The number of amides is 3. The van der Waals surface area contributed by atoms with Crippen molar-refractivity contribution in [3.63, 3.8) is 0 Å². The lowest BCUT2D eigenvalue weighted by Crippen LogP contribution is -2.35. The summed E-state index contributed by atoms with van der Waals surface area (Å²) in [5.74, 6) is -3.23. The van der Waals surface area contributed by atoms with Gasteiger partial charge in [-0.25, -0.2) is 0 Å². The Morgan fingerprint density at radius 2 is 2.10 bits per heavy atom. The Labute approximate surface area is 55.1 Å². The number of carbonyl (C=O) groups excluding carboxylic acids is 3. The maximum Gasteiger partial charge on any atom is 0.337 e. The average Bonchev–Trinajstić information content (AvgIpc) is 2.13. The number of nitrogens with two attached hydrogens (primary N) is 1. The van der Waals surface area contributed by atoms with E-state index in [0.29, 0.717) is 0 Å². The van der Waals surface area contributed by atoms with Crippen LogP contribution in [0.4, 0.5) is 0 Å². The second-order valence-electron chi connectivity index (χ2n) is 1.58. The molecule has 0 spiro atoms. The first-order valence-corrected chi connectivity index (χ1v) is 2.35. The largest absolute Gasteiger partial charge is 0.363 e.